The van der Waals surface area contributed by atoms with Crippen LogP contribution in [0.15, 0.2) is 41.5 Å². The summed E-state index contributed by atoms with van der Waals surface area (Å²) in [4.78, 5) is 0. The Hall–Kier alpha value is -1.79. The van der Waals surface area contributed by atoms with Gasteiger partial charge in [-0.3, -0.25) is 5.41 Å². The van der Waals surface area contributed by atoms with E-state index in [0.29, 0.717) is 26.4 Å². The van der Waals surface area contributed by atoms with Crippen LogP contribution in [0, 0.1) is 5.41 Å². The SMILES string of the molecule is N=CN(N)/N=C/c1cccc(OCc2ccc(Cl)cc2Cl)c1Cl. The third-order valence-electron chi connectivity index (χ3n) is 2.85. The average molecular weight is 372 g/mol. The number of nitrogens with two attached hydrogens (primary N) is 1. The largest absolute Gasteiger partial charge is 0.487 e. The fourth-order valence-electron chi connectivity index (χ4n) is 1.70. The van der Waals surface area contributed by atoms with E-state index in [9.17, 15) is 0 Å². The molecule has 0 fully saturated rings. The Labute approximate surface area is 148 Å². The summed E-state index contributed by atoms with van der Waals surface area (Å²) in [6.07, 6.45) is 2.31. The molecule has 0 bridgehead atoms. The molecule has 2 aromatic rings. The number of hydrazone groups is 1. The monoisotopic (exact) mass is 370 g/mol. The fraction of sp³-hybridized carbons (Fsp3) is 0.0667. The maximum absolute atomic E-state index is 6.95. The highest BCUT2D eigenvalue weighted by molar-refractivity contribution is 6.35. The van der Waals surface area contributed by atoms with Crippen molar-refractivity contribution < 1.29 is 4.74 Å². The minimum absolute atomic E-state index is 0.250. The predicted molar refractivity (Wildman–Crippen MR) is 94.7 cm³/mol. The van der Waals surface area contributed by atoms with Crippen molar-refractivity contribution in [3.63, 3.8) is 0 Å². The first-order valence-corrected chi connectivity index (χ1v) is 7.58. The van der Waals surface area contributed by atoms with Crippen molar-refractivity contribution in [2.24, 2.45) is 10.9 Å². The molecule has 120 valence electrons. The summed E-state index contributed by atoms with van der Waals surface area (Å²) in [5.74, 6) is 5.85. The average Bonchev–Trinajstić information content (AvgIpc) is 2.53. The highest BCUT2D eigenvalue weighted by Crippen LogP contribution is 2.29. The van der Waals surface area contributed by atoms with E-state index >= 15 is 0 Å². The van der Waals surface area contributed by atoms with E-state index < -0.39 is 0 Å². The molecule has 0 heterocycles. The van der Waals surface area contributed by atoms with Gasteiger partial charge in [-0.15, -0.1) is 0 Å². The molecule has 8 heteroatoms. The molecule has 0 atom stereocenters. The number of hydrazine groups is 1. The van der Waals surface area contributed by atoms with Gasteiger partial charge >= 0.3 is 0 Å². The second kappa shape index (κ2) is 8.17. The third-order valence-corrected chi connectivity index (χ3v) is 3.85. The smallest absolute Gasteiger partial charge is 0.139 e. The van der Waals surface area contributed by atoms with Gasteiger partial charge in [-0.25, -0.2) is 5.84 Å². The van der Waals surface area contributed by atoms with Crippen LogP contribution in [-0.4, -0.2) is 17.7 Å². The van der Waals surface area contributed by atoms with Crippen LogP contribution in [0.5, 0.6) is 5.75 Å². The van der Waals surface area contributed by atoms with E-state index in [-0.39, 0.29) is 6.61 Å². The Morgan fingerprint density at radius 3 is 2.70 bits per heavy atom. The van der Waals surface area contributed by atoms with Gasteiger partial charge in [0, 0.05) is 21.2 Å². The summed E-state index contributed by atoms with van der Waals surface area (Å²) < 4.78 is 5.71. The van der Waals surface area contributed by atoms with Crippen LogP contribution in [0.2, 0.25) is 15.1 Å². The zero-order valence-corrected chi connectivity index (χ0v) is 14.1. The summed E-state index contributed by atoms with van der Waals surface area (Å²) >= 11 is 18.2. The van der Waals surface area contributed by atoms with Crippen molar-refractivity contribution in [2.45, 2.75) is 6.61 Å². The molecule has 2 rings (SSSR count). The van der Waals surface area contributed by atoms with E-state index in [1.54, 1.807) is 36.4 Å². The first-order chi connectivity index (χ1) is 11.0. The van der Waals surface area contributed by atoms with Crippen LogP contribution < -0.4 is 10.6 Å². The van der Waals surface area contributed by atoms with Gasteiger partial charge in [0.1, 0.15) is 18.7 Å². The summed E-state index contributed by atoms with van der Waals surface area (Å²) in [6.45, 7) is 0.250. The number of hydrogen-bond acceptors (Lipinski definition) is 4. The number of rotatable bonds is 6. The van der Waals surface area contributed by atoms with E-state index in [1.807, 2.05) is 0 Å². The van der Waals surface area contributed by atoms with Gasteiger partial charge in [-0.2, -0.15) is 10.2 Å². The molecule has 0 unspecified atom stereocenters. The summed E-state index contributed by atoms with van der Waals surface area (Å²) in [5, 5.41) is 13.1. The van der Waals surface area contributed by atoms with E-state index in [4.69, 9.17) is 50.8 Å². The van der Waals surface area contributed by atoms with Crippen molar-refractivity contribution in [3.05, 3.63) is 62.6 Å². The van der Waals surface area contributed by atoms with Gasteiger partial charge in [0.25, 0.3) is 0 Å². The second-order valence-electron chi connectivity index (χ2n) is 4.44. The van der Waals surface area contributed by atoms with Crippen LogP contribution in [0.3, 0.4) is 0 Å². The molecule has 2 aromatic carbocycles. The van der Waals surface area contributed by atoms with Crippen LogP contribution in [0.1, 0.15) is 11.1 Å². The molecule has 0 spiro atoms. The normalized spacial score (nSPS) is 10.8. The molecule has 0 saturated heterocycles. The maximum Gasteiger partial charge on any atom is 0.139 e. The van der Waals surface area contributed by atoms with E-state index in [1.165, 1.54) is 6.21 Å². The number of nitrogens with one attached hydrogen (secondary N) is 1. The molecule has 23 heavy (non-hydrogen) atoms. The first-order valence-electron chi connectivity index (χ1n) is 6.45. The van der Waals surface area contributed by atoms with Gasteiger partial charge in [-0.1, -0.05) is 53.0 Å². The van der Waals surface area contributed by atoms with Crippen molar-refractivity contribution in [1.29, 1.82) is 5.41 Å². The lowest BCUT2D eigenvalue weighted by molar-refractivity contribution is 0.306. The Balaban J connectivity index is 2.14. The minimum Gasteiger partial charge on any atom is -0.487 e. The molecule has 0 radical (unpaired) electrons. The molecule has 0 aliphatic heterocycles. The molecular formula is C15H13Cl3N4O. The first kappa shape index (κ1) is 17.6. The standard InChI is InChI=1S/C15H13Cl3N4O/c16-12-5-4-11(13(17)6-12)8-23-14-3-1-2-10(15(14)18)7-21-22(20)9-19/h1-7,9,19H,8,20H2/b19-9?,21-7+. The Kier molecular flexibility index (Phi) is 6.24. The van der Waals surface area contributed by atoms with Gasteiger partial charge in [0.05, 0.1) is 11.2 Å². The molecule has 0 amide bonds. The number of ether oxygens (including phenoxy) is 1. The molecule has 3 N–H and O–H groups in total. The number of hydrogen-bond donors (Lipinski definition) is 2. The summed E-state index contributed by atoms with van der Waals surface area (Å²) in [7, 11) is 0. The molecule has 0 aromatic heterocycles. The van der Waals surface area contributed by atoms with Crippen molar-refractivity contribution in [3.8, 4) is 5.75 Å². The Morgan fingerprint density at radius 2 is 2.00 bits per heavy atom. The number of halogens is 3. The van der Waals surface area contributed by atoms with Crippen LogP contribution in [-0.2, 0) is 6.61 Å². The van der Waals surface area contributed by atoms with Crippen molar-refractivity contribution in [2.75, 3.05) is 0 Å². The molecule has 0 saturated carbocycles. The molecule has 0 aliphatic carbocycles. The quantitative estimate of drug-likeness (QED) is 0.343. The molecule has 5 nitrogen and oxygen atoms in total. The lowest BCUT2D eigenvalue weighted by Crippen LogP contribution is -2.22. The Bertz CT molecular complexity index is 737. The van der Waals surface area contributed by atoms with Gasteiger partial charge in [0.2, 0.25) is 0 Å². The second-order valence-corrected chi connectivity index (χ2v) is 5.66. The van der Waals surface area contributed by atoms with Crippen LogP contribution >= 0.6 is 34.8 Å². The molecule has 0 aliphatic rings. The highest BCUT2D eigenvalue weighted by Gasteiger charge is 2.08. The lowest BCUT2D eigenvalue weighted by atomic mass is 10.2. The highest BCUT2D eigenvalue weighted by atomic mass is 35.5. The van der Waals surface area contributed by atoms with E-state index in [2.05, 4.69) is 5.10 Å². The van der Waals surface area contributed by atoms with Gasteiger partial charge in [-0.05, 0) is 18.2 Å². The lowest BCUT2D eigenvalue weighted by Gasteiger charge is -2.11. The van der Waals surface area contributed by atoms with Crippen LogP contribution in [0.4, 0.5) is 0 Å². The number of nitrogens with zero attached hydrogens (tertiary/aromatic N) is 2. The molecular weight excluding hydrogens is 359 g/mol. The minimum atomic E-state index is 0.250. The van der Waals surface area contributed by atoms with Gasteiger partial charge in [0.15, 0.2) is 0 Å². The fourth-order valence-corrected chi connectivity index (χ4v) is 2.39. The summed E-state index contributed by atoms with van der Waals surface area (Å²) in [5.41, 5.74) is 1.41. The number of benzene rings is 2. The van der Waals surface area contributed by atoms with Crippen molar-refractivity contribution >= 4 is 47.4 Å². The van der Waals surface area contributed by atoms with Gasteiger partial charge < -0.3 is 4.74 Å². The zero-order chi connectivity index (χ0) is 16.8. The zero-order valence-electron chi connectivity index (χ0n) is 11.8. The third kappa shape index (κ3) is 4.84. The van der Waals surface area contributed by atoms with Crippen molar-refractivity contribution in [1.82, 2.24) is 5.12 Å². The Morgan fingerprint density at radius 1 is 1.22 bits per heavy atom. The summed E-state index contributed by atoms with van der Waals surface area (Å²) in [6, 6.07) is 10.5. The van der Waals surface area contributed by atoms with E-state index in [0.717, 1.165) is 17.0 Å². The predicted octanol–water partition coefficient (Wildman–Crippen LogP) is 4.34. The topological polar surface area (TPSA) is 74.7 Å². The maximum atomic E-state index is 6.95. The van der Waals surface area contributed by atoms with Crippen LogP contribution in [0.25, 0.3) is 0 Å².